The third-order valence-electron chi connectivity index (χ3n) is 2.40. The van der Waals surface area contributed by atoms with Gasteiger partial charge in [-0.25, -0.2) is 0 Å². The second kappa shape index (κ2) is 4.26. The Morgan fingerprint density at radius 2 is 1.73 bits per heavy atom. The first-order valence-corrected chi connectivity index (χ1v) is 5.58. The quantitative estimate of drug-likeness (QED) is 0.708. The van der Waals surface area contributed by atoms with Gasteiger partial charge in [0, 0.05) is 0 Å². The molecule has 0 heterocycles. The summed E-state index contributed by atoms with van der Waals surface area (Å²) in [5.74, 6) is 0.998. The molecular weight excluding hydrogens is 184 g/mol. The van der Waals surface area contributed by atoms with Crippen molar-refractivity contribution in [2.45, 2.75) is 53.1 Å². The van der Waals surface area contributed by atoms with Crippen molar-refractivity contribution >= 4 is 0 Å². The molecule has 1 heteroatoms. The maximum atomic E-state index is 5.71. The van der Waals surface area contributed by atoms with E-state index in [4.69, 9.17) is 4.74 Å². The van der Waals surface area contributed by atoms with Crippen LogP contribution in [0.25, 0.3) is 0 Å². The summed E-state index contributed by atoms with van der Waals surface area (Å²) in [4.78, 5) is 0. The highest BCUT2D eigenvalue weighted by Crippen LogP contribution is 2.27. The van der Waals surface area contributed by atoms with Crippen molar-refractivity contribution in [3.8, 4) is 5.75 Å². The van der Waals surface area contributed by atoms with Gasteiger partial charge in [0.2, 0.25) is 0 Å². The Kier molecular flexibility index (Phi) is 3.43. The number of hydrogen-bond donors (Lipinski definition) is 0. The lowest BCUT2D eigenvalue weighted by Gasteiger charge is -2.21. The van der Waals surface area contributed by atoms with Crippen molar-refractivity contribution in [3.05, 3.63) is 29.3 Å². The number of rotatable bonds is 2. The Morgan fingerprint density at radius 3 is 2.13 bits per heavy atom. The molecule has 0 atom stereocenters. The summed E-state index contributed by atoms with van der Waals surface area (Å²) in [7, 11) is 0. The molecule has 1 aromatic carbocycles. The number of aryl methyl sites for hydroxylation is 1. The van der Waals surface area contributed by atoms with E-state index in [2.05, 4.69) is 59.7 Å². The monoisotopic (exact) mass is 206 g/mol. The second-order valence-corrected chi connectivity index (χ2v) is 5.40. The Morgan fingerprint density at radius 1 is 1.13 bits per heavy atom. The van der Waals surface area contributed by atoms with Gasteiger partial charge in [-0.15, -0.1) is 0 Å². The van der Waals surface area contributed by atoms with Gasteiger partial charge in [-0.1, -0.05) is 32.9 Å². The first kappa shape index (κ1) is 12.1. The van der Waals surface area contributed by atoms with Crippen molar-refractivity contribution in [2.24, 2.45) is 0 Å². The van der Waals surface area contributed by atoms with Crippen LogP contribution in [-0.4, -0.2) is 6.10 Å². The van der Waals surface area contributed by atoms with Crippen molar-refractivity contribution in [1.82, 2.24) is 0 Å². The molecule has 0 aliphatic rings. The molecule has 0 bridgehead atoms. The first-order chi connectivity index (χ1) is 6.80. The zero-order valence-corrected chi connectivity index (χ0v) is 10.7. The normalized spacial score (nSPS) is 11.9. The van der Waals surface area contributed by atoms with Crippen molar-refractivity contribution in [3.63, 3.8) is 0 Å². The highest BCUT2D eigenvalue weighted by Gasteiger charge is 2.14. The van der Waals surface area contributed by atoms with E-state index in [1.807, 2.05) is 0 Å². The lowest BCUT2D eigenvalue weighted by Crippen LogP contribution is -2.12. The molecule has 0 spiro atoms. The minimum absolute atomic E-state index is 0.209. The molecule has 0 unspecified atom stereocenters. The maximum absolute atomic E-state index is 5.71. The van der Waals surface area contributed by atoms with Crippen LogP contribution >= 0.6 is 0 Å². The predicted octanol–water partition coefficient (Wildman–Crippen LogP) is 4.08. The molecule has 15 heavy (non-hydrogen) atoms. The maximum Gasteiger partial charge on any atom is 0.122 e. The van der Waals surface area contributed by atoms with Gasteiger partial charge in [0.05, 0.1) is 6.10 Å². The fraction of sp³-hybridized carbons (Fsp3) is 0.571. The van der Waals surface area contributed by atoms with E-state index in [0.29, 0.717) is 0 Å². The Bertz CT molecular complexity index is 332. The zero-order chi connectivity index (χ0) is 11.6. The van der Waals surface area contributed by atoms with Gasteiger partial charge in [-0.3, -0.25) is 0 Å². The lowest BCUT2D eigenvalue weighted by atomic mass is 9.86. The minimum Gasteiger partial charge on any atom is -0.491 e. The standard InChI is InChI=1S/C14H22O/c1-10(2)15-13-8-7-12(9-11(13)3)14(4,5)6/h7-10H,1-6H3. The molecule has 0 aliphatic carbocycles. The zero-order valence-electron chi connectivity index (χ0n) is 10.7. The van der Waals surface area contributed by atoms with Crippen LogP contribution in [0.2, 0.25) is 0 Å². The molecule has 1 aromatic rings. The van der Waals surface area contributed by atoms with Crippen molar-refractivity contribution in [2.75, 3.05) is 0 Å². The number of ether oxygens (including phenoxy) is 1. The summed E-state index contributed by atoms with van der Waals surface area (Å²) in [5.41, 5.74) is 2.79. The molecule has 0 radical (unpaired) electrons. The van der Waals surface area contributed by atoms with Crippen LogP contribution in [0.4, 0.5) is 0 Å². The van der Waals surface area contributed by atoms with Gasteiger partial charge in [0.1, 0.15) is 5.75 Å². The molecule has 0 aromatic heterocycles. The first-order valence-electron chi connectivity index (χ1n) is 5.58. The number of hydrogen-bond acceptors (Lipinski definition) is 1. The third-order valence-corrected chi connectivity index (χ3v) is 2.40. The summed E-state index contributed by atoms with van der Waals surface area (Å²) in [5, 5.41) is 0. The molecule has 0 N–H and O–H groups in total. The van der Waals surface area contributed by atoms with Crippen LogP contribution < -0.4 is 4.74 Å². The molecule has 0 aliphatic heterocycles. The summed E-state index contributed by atoms with van der Waals surface area (Å²) < 4.78 is 5.71. The Labute approximate surface area is 93.5 Å². The summed E-state index contributed by atoms with van der Waals surface area (Å²) in [6.07, 6.45) is 0.240. The van der Waals surface area contributed by atoms with Gasteiger partial charge in [-0.2, -0.15) is 0 Å². The van der Waals surface area contributed by atoms with Crippen LogP contribution in [0.1, 0.15) is 45.7 Å². The molecule has 84 valence electrons. The predicted molar refractivity (Wildman–Crippen MR) is 65.6 cm³/mol. The second-order valence-electron chi connectivity index (χ2n) is 5.40. The van der Waals surface area contributed by atoms with E-state index in [1.54, 1.807) is 0 Å². The largest absolute Gasteiger partial charge is 0.491 e. The van der Waals surface area contributed by atoms with Crippen LogP contribution in [0.5, 0.6) is 5.75 Å². The minimum atomic E-state index is 0.209. The molecule has 0 fully saturated rings. The van der Waals surface area contributed by atoms with Gasteiger partial charge in [0.25, 0.3) is 0 Å². The van der Waals surface area contributed by atoms with E-state index >= 15 is 0 Å². The van der Waals surface area contributed by atoms with E-state index < -0.39 is 0 Å². The van der Waals surface area contributed by atoms with Crippen molar-refractivity contribution < 1.29 is 4.74 Å². The lowest BCUT2D eigenvalue weighted by molar-refractivity contribution is 0.240. The van der Waals surface area contributed by atoms with Crippen LogP contribution in [0.3, 0.4) is 0 Å². The summed E-state index contributed by atoms with van der Waals surface area (Å²) >= 11 is 0. The van der Waals surface area contributed by atoms with E-state index in [1.165, 1.54) is 11.1 Å². The molecular formula is C14H22O. The molecule has 0 saturated carbocycles. The van der Waals surface area contributed by atoms with Gasteiger partial charge < -0.3 is 4.74 Å². The Hall–Kier alpha value is -0.980. The highest BCUT2D eigenvalue weighted by molar-refractivity contribution is 5.38. The van der Waals surface area contributed by atoms with E-state index in [0.717, 1.165) is 5.75 Å². The average Bonchev–Trinajstić information content (AvgIpc) is 2.05. The summed E-state index contributed by atoms with van der Waals surface area (Å²) in [6, 6.07) is 6.46. The Balaban J connectivity index is 2.98. The molecule has 1 rings (SSSR count). The molecule has 1 nitrogen and oxygen atoms in total. The molecule has 0 saturated heterocycles. The topological polar surface area (TPSA) is 9.23 Å². The fourth-order valence-corrected chi connectivity index (χ4v) is 1.50. The molecule has 0 amide bonds. The smallest absolute Gasteiger partial charge is 0.122 e. The van der Waals surface area contributed by atoms with E-state index in [-0.39, 0.29) is 11.5 Å². The third kappa shape index (κ3) is 3.26. The van der Waals surface area contributed by atoms with Crippen LogP contribution in [0.15, 0.2) is 18.2 Å². The van der Waals surface area contributed by atoms with Gasteiger partial charge in [-0.05, 0) is 43.4 Å². The van der Waals surface area contributed by atoms with Gasteiger partial charge >= 0.3 is 0 Å². The average molecular weight is 206 g/mol. The fourth-order valence-electron chi connectivity index (χ4n) is 1.50. The number of benzene rings is 1. The van der Waals surface area contributed by atoms with Gasteiger partial charge in [0.15, 0.2) is 0 Å². The van der Waals surface area contributed by atoms with E-state index in [9.17, 15) is 0 Å². The summed E-state index contributed by atoms with van der Waals surface area (Å²) in [6.45, 7) is 12.9. The van der Waals surface area contributed by atoms with Crippen molar-refractivity contribution in [1.29, 1.82) is 0 Å². The van der Waals surface area contributed by atoms with Crippen LogP contribution in [-0.2, 0) is 5.41 Å². The SMILES string of the molecule is Cc1cc(C(C)(C)C)ccc1OC(C)C. The van der Waals surface area contributed by atoms with Crippen LogP contribution in [0, 0.1) is 6.92 Å². The highest BCUT2D eigenvalue weighted by atomic mass is 16.5.